The van der Waals surface area contributed by atoms with Gasteiger partial charge in [0, 0.05) is 0 Å². The monoisotopic (exact) mass is 221 g/mol. The molecule has 0 aliphatic carbocycles. The Morgan fingerprint density at radius 2 is 2.07 bits per heavy atom. The van der Waals surface area contributed by atoms with Crippen molar-refractivity contribution in [3.05, 3.63) is 0 Å². The van der Waals surface area contributed by atoms with E-state index in [0.29, 0.717) is 5.92 Å². The van der Waals surface area contributed by atoms with E-state index in [4.69, 9.17) is 4.74 Å². The van der Waals surface area contributed by atoms with Crippen molar-refractivity contribution in [2.24, 2.45) is 11.8 Å². The first-order valence-electron chi connectivity index (χ1n) is 5.02. The van der Waals surface area contributed by atoms with Crippen LogP contribution in [-0.4, -0.2) is 26.2 Å². The molecule has 0 saturated carbocycles. The van der Waals surface area contributed by atoms with Crippen LogP contribution in [0.4, 0.5) is 0 Å². The molecule has 1 saturated heterocycles. The van der Waals surface area contributed by atoms with Crippen molar-refractivity contribution in [1.29, 1.82) is 0 Å². The van der Waals surface area contributed by atoms with Gasteiger partial charge in [-0.05, 0) is 38.3 Å². The fourth-order valence-corrected chi connectivity index (χ4v) is 1.91. The fourth-order valence-electron chi connectivity index (χ4n) is 1.91. The Labute approximate surface area is 92.0 Å². The quantitative estimate of drug-likeness (QED) is 0.736. The molecular weight excluding hydrogens is 202 g/mol. The lowest BCUT2D eigenvalue weighted by molar-refractivity contribution is -0.145. The molecule has 1 atom stereocenters. The van der Waals surface area contributed by atoms with Gasteiger partial charge in [-0.15, -0.1) is 12.4 Å². The molecule has 0 bridgehead atoms. The molecule has 0 aromatic rings. The molecular formula is C10H20ClNO2. The molecule has 1 aliphatic rings. The molecule has 0 radical (unpaired) electrons. The molecule has 0 amide bonds. The van der Waals surface area contributed by atoms with Crippen LogP contribution in [0.2, 0.25) is 0 Å². The third-order valence-electron chi connectivity index (χ3n) is 2.75. The van der Waals surface area contributed by atoms with Crippen LogP contribution in [0.3, 0.4) is 0 Å². The van der Waals surface area contributed by atoms with Crippen LogP contribution in [0.5, 0.6) is 0 Å². The fraction of sp³-hybridized carbons (Fsp3) is 0.900. The van der Waals surface area contributed by atoms with Crippen molar-refractivity contribution in [2.75, 3.05) is 20.2 Å². The van der Waals surface area contributed by atoms with Crippen molar-refractivity contribution < 1.29 is 9.53 Å². The third-order valence-corrected chi connectivity index (χ3v) is 2.75. The Morgan fingerprint density at radius 3 is 2.57 bits per heavy atom. The standard InChI is InChI=1S/C10H19NO2.ClH/c1-8(10(12)13-2)7-9-3-5-11-6-4-9;/h8-9,11H,3-7H2,1-2H3;1H/t8-;/m1./s1. The van der Waals surface area contributed by atoms with Gasteiger partial charge in [0.15, 0.2) is 0 Å². The van der Waals surface area contributed by atoms with Gasteiger partial charge in [0.1, 0.15) is 0 Å². The van der Waals surface area contributed by atoms with Crippen molar-refractivity contribution in [3.63, 3.8) is 0 Å². The first kappa shape index (κ1) is 13.7. The molecule has 14 heavy (non-hydrogen) atoms. The molecule has 1 heterocycles. The Hall–Kier alpha value is -0.280. The van der Waals surface area contributed by atoms with Crippen LogP contribution in [0.25, 0.3) is 0 Å². The average Bonchev–Trinajstić information content (AvgIpc) is 2.18. The van der Waals surface area contributed by atoms with E-state index in [2.05, 4.69) is 5.32 Å². The van der Waals surface area contributed by atoms with Gasteiger partial charge in [0.25, 0.3) is 0 Å². The summed E-state index contributed by atoms with van der Waals surface area (Å²) >= 11 is 0. The SMILES string of the molecule is COC(=O)[C@H](C)CC1CCNCC1.Cl. The van der Waals surface area contributed by atoms with Crippen molar-refractivity contribution in [2.45, 2.75) is 26.2 Å². The van der Waals surface area contributed by atoms with Gasteiger partial charge in [-0.3, -0.25) is 4.79 Å². The minimum Gasteiger partial charge on any atom is -0.469 e. The number of methoxy groups -OCH3 is 1. The maximum atomic E-state index is 11.1. The number of nitrogens with one attached hydrogen (secondary N) is 1. The Bertz CT molecular complexity index is 170. The lowest BCUT2D eigenvalue weighted by Gasteiger charge is -2.24. The summed E-state index contributed by atoms with van der Waals surface area (Å²) < 4.78 is 4.70. The molecule has 1 N–H and O–H groups in total. The van der Waals surface area contributed by atoms with Crippen LogP contribution in [0.15, 0.2) is 0 Å². The van der Waals surface area contributed by atoms with Crippen molar-refractivity contribution in [3.8, 4) is 0 Å². The summed E-state index contributed by atoms with van der Waals surface area (Å²) in [5, 5.41) is 3.31. The highest BCUT2D eigenvalue weighted by atomic mass is 35.5. The minimum absolute atomic E-state index is 0. The summed E-state index contributed by atoms with van der Waals surface area (Å²) in [7, 11) is 1.46. The summed E-state index contributed by atoms with van der Waals surface area (Å²) in [5.74, 6) is 0.696. The maximum Gasteiger partial charge on any atom is 0.308 e. The number of piperidine rings is 1. The number of esters is 1. The second kappa shape index (κ2) is 7.07. The van der Waals surface area contributed by atoms with E-state index in [0.717, 1.165) is 19.5 Å². The molecule has 0 aromatic heterocycles. The highest BCUT2D eigenvalue weighted by Crippen LogP contribution is 2.21. The number of ether oxygens (including phenoxy) is 1. The highest BCUT2D eigenvalue weighted by Gasteiger charge is 2.20. The van der Waals surface area contributed by atoms with Gasteiger partial charge in [0.2, 0.25) is 0 Å². The van der Waals surface area contributed by atoms with Gasteiger partial charge >= 0.3 is 5.97 Å². The van der Waals surface area contributed by atoms with E-state index < -0.39 is 0 Å². The molecule has 0 unspecified atom stereocenters. The number of halogens is 1. The van der Waals surface area contributed by atoms with E-state index in [1.54, 1.807) is 0 Å². The van der Waals surface area contributed by atoms with Gasteiger partial charge in [-0.25, -0.2) is 0 Å². The second-order valence-corrected chi connectivity index (χ2v) is 3.85. The van der Waals surface area contributed by atoms with Crippen LogP contribution >= 0.6 is 12.4 Å². The molecule has 4 heteroatoms. The molecule has 1 aliphatic heterocycles. The zero-order chi connectivity index (χ0) is 9.68. The Kier molecular flexibility index (Phi) is 6.93. The van der Waals surface area contributed by atoms with Crippen LogP contribution in [0.1, 0.15) is 26.2 Å². The van der Waals surface area contributed by atoms with Crippen LogP contribution < -0.4 is 5.32 Å². The van der Waals surface area contributed by atoms with E-state index in [-0.39, 0.29) is 24.3 Å². The molecule has 3 nitrogen and oxygen atoms in total. The normalized spacial score (nSPS) is 19.6. The summed E-state index contributed by atoms with van der Waals surface area (Å²) in [6.07, 6.45) is 3.37. The third kappa shape index (κ3) is 4.29. The molecule has 0 aromatic carbocycles. The summed E-state index contributed by atoms with van der Waals surface area (Å²) in [6, 6.07) is 0. The van der Waals surface area contributed by atoms with Crippen LogP contribution in [0, 0.1) is 11.8 Å². The average molecular weight is 222 g/mol. The van der Waals surface area contributed by atoms with Crippen LogP contribution in [-0.2, 0) is 9.53 Å². The minimum atomic E-state index is -0.0708. The lowest BCUT2D eigenvalue weighted by atomic mass is 9.89. The zero-order valence-corrected chi connectivity index (χ0v) is 9.73. The summed E-state index contributed by atoms with van der Waals surface area (Å²) in [4.78, 5) is 11.1. The smallest absolute Gasteiger partial charge is 0.308 e. The van der Waals surface area contributed by atoms with Gasteiger partial charge in [-0.2, -0.15) is 0 Å². The largest absolute Gasteiger partial charge is 0.469 e. The number of carbonyl (C=O) groups is 1. The van der Waals surface area contributed by atoms with E-state index in [9.17, 15) is 4.79 Å². The van der Waals surface area contributed by atoms with Gasteiger partial charge < -0.3 is 10.1 Å². The molecule has 1 fully saturated rings. The van der Waals surface area contributed by atoms with Gasteiger partial charge in [-0.1, -0.05) is 6.92 Å². The first-order valence-corrected chi connectivity index (χ1v) is 5.02. The number of carbonyl (C=O) groups excluding carboxylic acids is 1. The highest BCUT2D eigenvalue weighted by molar-refractivity contribution is 5.85. The number of hydrogen-bond acceptors (Lipinski definition) is 3. The van der Waals surface area contributed by atoms with Crippen molar-refractivity contribution >= 4 is 18.4 Å². The zero-order valence-electron chi connectivity index (χ0n) is 8.91. The summed E-state index contributed by atoms with van der Waals surface area (Å²) in [5.41, 5.74) is 0. The van der Waals surface area contributed by atoms with E-state index >= 15 is 0 Å². The molecule has 0 spiro atoms. The first-order chi connectivity index (χ1) is 6.24. The van der Waals surface area contributed by atoms with E-state index in [1.165, 1.54) is 20.0 Å². The Morgan fingerprint density at radius 1 is 1.50 bits per heavy atom. The Balaban J connectivity index is 0.00000169. The lowest BCUT2D eigenvalue weighted by Crippen LogP contribution is -2.29. The van der Waals surface area contributed by atoms with Crippen molar-refractivity contribution in [1.82, 2.24) is 5.32 Å². The molecule has 1 rings (SSSR count). The summed E-state index contributed by atoms with van der Waals surface area (Å²) in [6.45, 7) is 4.14. The van der Waals surface area contributed by atoms with Gasteiger partial charge in [0.05, 0.1) is 13.0 Å². The van der Waals surface area contributed by atoms with E-state index in [1.807, 2.05) is 6.92 Å². The second-order valence-electron chi connectivity index (χ2n) is 3.85. The predicted molar refractivity (Wildman–Crippen MR) is 58.6 cm³/mol. The maximum absolute atomic E-state index is 11.1. The number of hydrogen-bond donors (Lipinski definition) is 1. The number of rotatable bonds is 3. The topological polar surface area (TPSA) is 38.3 Å². The molecule has 84 valence electrons. The predicted octanol–water partition coefficient (Wildman–Crippen LogP) is 1.61.